The van der Waals surface area contributed by atoms with Gasteiger partial charge in [0.25, 0.3) is 5.91 Å². The zero-order chi connectivity index (χ0) is 24.6. The third-order valence-corrected chi connectivity index (χ3v) is 6.13. The number of halogens is 1. The van der Waals surface area contributed by atoms with Crippen molar-refractivity contribution < 1.29 is 9.53 Å². The van der Waals surface area contributed by atoms with E-state index in [4.69, 9.17) is 4.74 Å². The first-order valence-corrected chi connectivity index (χ1v) is 11.7. The second kappa shape index (κ2) is 11.2. The molecule has 0 aliphatic rings. The molecule has 0 saturated carbocycles. The molecule has 7 heteroatoms. The van der Waals surface area contributed by atoms with Gasteiger partial charge in [-0.3, -0.25) is 4.79 Å². The van der Waals surface area contributed by atoms with E-state index in [9.17, 15) is 15.3 Å². The normalized spacial score (nSPS) is 11.0. The number of fused-ring (bicyclic) bond motifs is 1. The Bertz CT molecular complexity index is 1490. The van der Waals surface area contributed by atoms with Gasteiger partial charge >= 0.3 is 0 Å². The van der Waals surface area contributed by atoms with E-state index in [1.54, 1.807) is 30.3 Å². The molecule has 0 saturated heterocycles. The van der Waals surface area contributed by atoms with Gasteiger partial charge in [-0.1, -0.05) is 42.5 Å². The monoisotopic (exact) mass is 524 g/mol. The van der Waals surface area contributed by atoms with Crippen molar-refractivity contribution in [2.45, 2.75) is 13.0 Å². The second-order valence-electron chi connectivity index (χ2n) is 7.78. The fourth-order valence-electron chi connectivity index (χ4n) is 3.69. The Morgan fingerprint density at radius 2 is 1.86 bits per heavy atom. The molecular formula is C28H21BrN4O2. The van der Waals surface area contributed by atoms with Gasteiger partial charge in [-0.25, -0.2) is 0 Å². The molecule has 0 fully saturated rings. The highest BCUT2D eigenvalue weighted by Crippen LogP contribution is 2.28. The van der Waals surface area contributed by atoms with Gasteiger partial charge in [0.15, 0.2) is 0 Å². The third kappa shape index (κ3) is 5.78. The van der Waals surface area contributed by atoms with Gasteiger partial charge in [-0.05, 0) is 63.8 Å². The van der Waals surface area contributed by atoms with Crippen molar-refractivity contribution in [2.24, 2.45) is 0 Å². The first kappa shape index (κ1) is 23.8. The van der Waals surface area contributed by atoms with Crippen molar-refractivity contribution in [3.63, 3.8) is 0 Å². The molecule has 3 aromatic carbocycles. The van der Waals surface area contributed by atoms with Gasteiger partial charge in [0, 0.05) is 29.2 Å². The summed E-state index contributed by atoms with van der Waals surface area (Å²) in [6.45, 7) is 0.667. The van der Waals surface area contributed by atoms with E-state index in [0.29, 0.717) is 34.3 Å². The lowest BCUT2D eigenvalue weighted by Gasteiger charge is -2.10. The number of benzene rings is 3. The van der Waals surface area contributed by atoms with Crippen LogP contribution < -0.4 is 10.1 Å². The van der Waals surface area contributed by atoms with Crippen molar-refractivity contribution in [1.82, 2.24) is 10.3 Å². The maximum absolute atomic E-state index is 12.6. The van der Waals surface area contributed by atoms with Crippen molar-refractivity contribution >= 4 is 38.8 Å². The SMILES string of the molecule is N#C/C(=C\c1ccc(OCc2ccccc2C#N)c(Br)c1)C(=O)NCCc1c[nH]c2ccccc12. The number of amides is 1. The lowest BCUT2D eigenvalue weighted by molar-refractivity contribution is -0.117. The number of para-hydroxylation sites is 1. The van der Waals surface area contributed by atoms with Gasteiger partial charge in [-0.15, -0.1) is 0 Å². The van der Waals surface area contributed by atoms with Crippen LogP contribution in [0.15, 0.2) is 83.0 Å². The Morgan fingerprint density at radius 3 is 2.66 bits per heavy atom. The summed E-state index contributed by atoms with van der Waals surface area (Å²) in [5.74, 6) is 0.175. The van der Waals surface area contributed by atoms with Crippen molar-refractivity contribution in [2.75, 3.05) is 6.54 Å². The highest BCUT2D eigenvalue weighted by atomic mass is 79.9. The number of carbonyl (C=O) groups excluding carboxylic acids is 1. The average molecular weight is 525 g/mol. The Labute approximate surface area is 211 Å². The Kier molecular flexibility index (Phi) is 7.62. The minimum Gasteiger partial charge on any atom is -0.488 e. The van der Waals surface area contributed by atoms with Crippen LogP contribution >= 0.6 is 15.9 Å². The van der Waals surface area contributed by atoms with Gasteiger partial charge in [-0.2, -0.15) is 10.5 Å². The molecule has 0 spiro atoms. The quantitative estimate of drug-likeness (QED) is 0.229. The number of aromatic amines is 1. The maximum atomic E-state index is 12.6. The number of H-pyrrole nitrogens is 1. The minimum atomic E-state index is -0.420. The molecule has 0 unspecified atom stereocenters. The Hall–Kier alpha value is -4.33. The van der Waals surface area contributed by atoms with E-state index >= 15 is 0 Å². The van der Waals surface area contributed by atoms with Crippen molar-refractivity contribution in [3.05, 3.63) is 105 Å². The van der Waals surface area contributed by atoms with Crippen LogP contribution in [0.2, 0.25) is 0 Å². The van der Waals surface area contributed by atoms with Crippen LogP contribution in [0.1, 0.15) is 22.3 Å². The number of hydrogen-bond donors (Lipinski definition) is 2. The summed E-state index contributed by atoms with van der Waals surface area (Å²) in [7, 11) is 0. The molecule has 0 atom stereocenters. The zero-order valence-corrected chi connectivity index (χ0v) is 20.3. The standard InChI is InChI=1S/C28H21BrN4O2/c29-25-14-19(9-10-27(25)35-18-22-6-2-1-5-20(22)15-30)13-23(16-31)28(34)32-12-11-21-17-33-26-8-4-3-7-24(21)26/h1-10,13-14,17,33H,11-12,18H2,(H,32,34)/b23-13+. The highest BCUT2D eigenvalue weighted by molar-refractivity contribution is 9.10. The molecule has 1 heterocycles. The molecule has 0 aliphatic heterocycles. The largest absolute Gasteiger partial charge is 0.488 e. The molecule has 0 bridgehead atoms. The van der Waals surface area contributed by atoms with Crippen LogP contribution in [0.5, 0.6) is 5.75 Å². The highest BCUT2D eigenvalue weighted by Gasteiger charge is 2.11. The Balaban J connectivity index is 1.38. The predicted octanol–water partition coefficient (Wildman–Crippen LogP) is 5.65. The number of nitrogens with zero attached hydrogens (tertiary/aromatic N) is 2. The number of ether oxygens (including phenoxy) is 1. The third-order valence-electron chi connectivity index (χ3n) is 5.51. The first-order chi connectivity index (χ1) is 17.1. The van der Waals surface area contributed by atoms with E-state index < -0.39 is 5.91 Å². The van der Waals surface area contributed by atoms with Crippen LogP contribution in [-0.2, 0) is 17.8 Å². The molecule has 35 heavy (non-hydrogen) atoms. The molecule has 4 rings (SSSR count). The molecule has 2 N–H and O–H groups in total. The zero-order valence-electron chi connectivity index (χ0n) is 18.7. The van der Waals surface area contributed by atoms with Gasteiger partial charge in [0.2, 0.25) is 0 Å². The van der Waals surface area contributed by atoms with Gasteiger partial charge in [0.1, 0.15) is 24.0 Å². The maximum Gasteiger partial charge on any atom is 0.261 e. The van der Waals surface area contributed by atoms with Gasteiger partial charge in [0.05, 0.1) is 16.1 Å². The van der Waals surface area contributed by atoms with E-state index in [-0.39, 0.29) is 12.2 Å². The van der Waals surface area contributed by atoms with Crippen LogP contribution in [0.4, 0.5) is 0 Å². The smallest absolute Gasteiger partial charge is 0.261 e. The lowest BCUT2D eigenvalue weighted by atomic mass is 10.1. The van der Waals surface area contributed by atoms with E-state index in [1.807, 2.05) is 54.7 Å². The summed E-state index contributed by atoms with van der Waals surface area (Å²) in [4.78, 5) is 15.8. The van der Waals surface area contributed by atoms with Crippen LogP contribution in [0.25, 0.3) is 17.0 Å². The summed E-state index contributed by atoms with van der Waals surface area (Å²) in [6, 6.07) is 24.7. The van der Waals surface area contributed by atoms with Crippen LogP contribution in [0.3, 0.4) is 0 Å². The Morgan fingerprint density at radius 1 is 1.06 bits per heavy atom. The summed E-state index contributed by atoms with van der Waals surface area (Å²) < 4.78 is 6.53. The minimum absolute atomic E-state index is 0.0208. The van der Waals surface area contributed by atoms with Crippen LogP contribution in [0, 0.1) is 22.7 Å². The number of rotatable bonds is 8. The fourth-order valence-corrected chi connectivity index (χ4v) is 4.21. The summed E-state index contributed by atoms with van der Waals surface area (Å²) in [5.41, 5.74) is 4.23. The number of nitrogens with one attached hydrogen (secondary N) is 2. The lowest BCUT2D eigenvalue weighted by Crippen LogP contribution is -2.26. The molecule has 0 aliphatic carbocycles. The average Bonchev–Trinajstić information content (AvgIpc) is 3.30. The summed E-state index contributed by atoms with van der Waals surface area (Å²) in [6.07, 6.45) is 4.14. The van der Waals surface area contributed by atoms with Crippen LogP contribution in [-0.4, -0.2) is 17.4 Å². The number of nitriles is 2. The van der Waals surface area contributed by atoms with E-state index in [2.05, 4.69) is 32.3 Å². The van der Waals surface area contributed by atoms with E-state index in [1.165, 1.54) is 0 Å². The number of hydrogen-bond acceptors (Lipinski definition) is 4. The summed E-state index contributed by atoms with van der Waals surface area (Å²) >= 11 is 3.48. The summed E-state index contributed by atoms with van der Waals surface area (Å²) in [5, 5.41) is 22.7. The van der Waals surface area contributed by atoms with Gasteiger partial charge < -0.3 is 15.0 Å². The molecule has 1 amide bonds. The molecule has 172 valence electrons. The van der Waals surface area contributed by atoms with Crippen molar-refractivity contribution in [3.8, 4) is 17.9 Å². The molecule has 0 radical (unpaired) electrons. The molecule has 4 aromatic rings. The van der Waals surface area contributed by atoms with Crippen molar-refractivity contribution in [1.29, 1.82) is 10.5 Å². The first-order valence-electron chi connectivity index (χ1n) is 10.9. The fraction of sp³-hybridized carbons (Fsp3) is 0.107. The number of aromatic nitrogens is 1. The van der Waals surface area contributed by atoms with E-state index in [0.717, 1.165) is 22.0 Å². The topological polar surface area (TPSA) is 102 Å². The molecule has 6 nitrogen and oxygen atoms in total. The predicted molar refractivity (Wildman–Crippen MR) is 138 cm³/mol. The molecule has 1 aromatic heterocycles. The number of carbonyl (C=O) groups is 1. The molecular weight excluding hydrogens is 504 g/mol. The second-order valence-corrected chi connectivity index (χ2v) is 8.64.